The summed E-state index contributed by atoms with van der Waals surface area (Å²) in [5.41, 5.74) is 6.07. The highest BCUT2D eigenvalue weighted by molar-refractivity contribution is 5.04. The lowest BCUT2D eigenvalue weighted by Gasteiger charge is -2.56. The van der Waals surface area contributed by atoms with E-state index in [1.54, 1.807) is 0 Å². The third-order valence-corrected chi connectivity index (χ3v) is 3.79. The Morgan fingerprint density at radius 2 is 2.00 bits per heavy atom. The summed E-state index contributed by atoms with van der Waals surface area (Å²) in [4.78, 5) is 0. The molecule has 0 amide bonds. The van der Waals surface area contributed by atoms with Gasteiger partial charge in [-0.05, 0) is 46.0 Å². The van der Waals surface area contributed by atoms with Crippen molar-refractivity contribution in [2.24, 2.45) is 11.7 Å². The molecule has 0 aromatic rings. The molecule has 2 saturated heterocycles. The number of nitrogens with two attached hydrogens (primary N) is 1. The van der Waals surface area contributed by atoms with Crippen molar-refractivity contribution in [1.82, 2.24) is 0 Å². The fraction of sp³-hybridized carbons (Fsp3) is 1.00. The van der Waals surface area contributed by atoms with Gasteiger partial charge in [0, 0.05) is 6.04 Å². The van der Waals surface area contributed by atoms with Crippen LogP contribution in [0.15, 0.2) is 0 Å². The zero-order valence-corrected chi connectivity index (χ0v) is 8.26. The van der Waals surface area contributed by atoms with E-state index in [1.165, 1.54) is 6.42 Å². The molecule has 3 fully saturated rings. The van der Waals surface area contributed by atoms with Gasteiger partial charge < -0.3 is 10.5 Å². The fourth-order valence-corrected chi connectivity index (χ4v) is 2.76. The van der Waals surface area contributed by atoms with Crippen molar-refractivity contribution < 1.29 is 4.74 Å². The van der Waals surface area contributed by atoms with Crippen LogP contribution < -0.4 is 5.73 Å². The molecule has 3 atom stereocenters. The zero-order chi connectivity index (χ0) is 8.98. The van der Waals surface area contributed by atoms with Gasteiger partial charge in [0.1, 0.15) is 0 Å². The molecule has 0 radical (unpaired) electrons. The van der Waals surface area contributed by atoms with Crippen LogP contribution in [0, 0.1) is 5.92 Å². The maximum atomic E-state index is 6.05. The van der Waals surface area contributed by atoms with Crippen LogP contribution >= 0.6 is 0 Å². The largest absolute Gasteiger partial charge is 0.368 e. The number of hydrogen-bond donors (Lipinski definition) is 1. The van der Waals surface area contributed by atoms with E-state index in [4.69, 9.17) is 10.5 Å². The molecule has 2 heteroatoms. The van der Waals surface area contributed by atoms with Crippen LogP contribution in [0.4, 0.5) is 0 Å². The highest BCUT2D eigenvalue weighted by Crippen LogP contribution is 2.48. The summed E-state index contributed by atoms with van der Waals surface area (Å²) >= 11 is 0. The smallest absolute Gasteiger partial charge is 0.0812 e. The summed E-state index contributed by atoms with van der Waals surface area (Å²) in [5.74, 6) is 0.675. The van der Waals surface area contributed by atoms with Crippen molar-refractivity contribution in [2.45, 2.75) is 57.3 Å². The number of fused-ring (bicyclic) bond motifs is 3. The average molecular weight is 169 g/mol. The van der Waals surface area contributed by atoms with E-state index in [0.29, 0.717) is 5.92 Å². The average Bonchev–Trinajstić information content (AvgIpc) is 1.91. The van der Waals surface area contributed by atoms with Gasteiger partial charge >= 0.3 is 0 Å². The fourth-order valence-electron chi connectivity index (χ4n) is 2.76. The molecule has 2 bridgehead atoms. The number of rotatable bonds is 0. The second-order valence-corrected chi connectivity index (χ2v) is 5.10. The van der Waals surface area contributed by atoms with Gasteiger partial charge in [0.2, 0.25) is 0 Å². The standard InChI is InChI=1S/C10H19NO/c1-9(2)7-4-5-10(3,12-9)8(11)6-7/h7-8H,4-6,11H2,1-3H3. The summed E-state index contributed by atoms with van der Waals surface area (Å²) < 4.78 is 6.05. The number of hydrogen-bond acceptors (Lipinski definition) is 2. The topological polar surface area (TPSA) is 35.2 Å². The molecule has 3 rings (SSSR count). The molecule has 1 aliphatic carbocycles. The second kappa shape index (κ2) is 2.24. The molecule has 3 aliphatic rings. The normalized spacial score (nSPS) is 51.0. The molecule has 0 aromatic carbocycles. The maximum Gasteiger partial charge on any atom is 0.0812 e. The lowest BCUT2D eigenvalue weighted by atomic mass is 9.66. The predicted molar refractivity (Wildman–Crippen MR) is 48.9 cm³/mol. The Hall–Kier alpha value is -0.0800. The van der Waals surface area contributed by atoms with Crippen LogP contribution in [0.25, 0.3) is 0 Å². The molecule has 0 aromatic heterocycles. The van der Waals surface area contributed by atoms with Gasteiger partial charge in [0.05, 0.1) is 11.2 Å². The lowest BCUT2D eigenvalue weighted by Crippen LogP contribution is -2.64. The van der Waals surface area contributed by atoms with Gasteiger partial charge in [-0.15, -0.1) is 0 Å². The molecular weight excluding hydrogens is 150 g/mol. The van der Waals surface area contributed by atoms with Crippen LogP contribution in [-0.2, 0) is 4.74 Å². The Kier molecular flexibility index (Phi) is 1.59. The Balaban J connectivity index is 2.26. The van der Waals surface area contributed by atoms with Crippen LogP contribution in [0.2, 0.25) is 0 Å². The van der Waals surface area contributed by atoms with Crippen molar-refractivity contribution in [3.63, 3.8) is 0 Å². The van der Waals surface area contributed by atoms with Gasteiger partial charge in [0.15, 0.2) is 0 Å². The Morgan fingerprint density at radius 3 is 2.33 bits per heavy atom. The molecule has 2 nitrogen and oxygen atoms in total. The summed E-state index contributed by atoms with van der Waals surface area (Å²) in [5, 5.41) is 0. The van der Waals surface area contributed by atoms with Gasteiger partial charge in [-0.1, -0.05) is 0 Å². The number of ether oxygens (including phenoxy) is 1. The molecule has 1 saturated carbocycles. The predicted octanol–water partition coefficient (Wildman–Crippen LogP) is 1.68. The SMILES string of the molecule is CC1(C)OC2(C)CCC1CC2N. The quantitative estimate of drug-likeness (QED) is 0.599. The van der Waals surface area contributed by atoms with E-state index < -0.39 is 0 Å². The molecule has 0 spiro atoms. The molecule has 2 heterocycles. The van der Waals surface area contributed by atoms with Crippen molar-refractivity contribution in [3.8, 4) is 0 Å². The Bertz CT molecular complexity index is 202. The summed E-state index contributed by atoms with van der Waals surface area (Å²) in [7, 11) is 0. The summed E-state index contributed by atoms with van der Waals surface area (Å²) in [6, 6.07) is 0.254. The molecule has 2 N–H and O–H groups in total. The minimum atomic E-state index is -0.0434. The first-order valence-electron chi connectivity index (χ1n) is 4.90. The highest BCUT2D eigenvalue weighted by atomic mass is 16.5. The molecule has 3 unspecified atom stereocenters. The van der Waals surface area contributed by atoms with Gasteiger partial charge in [0.25, 0.3) is 0 Å². The molecule has 70 valence electrons. The maximum absolute atomic E-state index is 6.05. The molecule has 2 aliphatic heterocycles. The highest BCUT2D eigenvalue weighted by Gasteiger charge is 2.52. The minimum Gasteiger partial charge on any atom is -0.368 e. The summed E-state index contributed by atoms with van der Waals surface area (Å²) in [6.07, 6.45) is 3.57. The third-order valence-electron chi connectivity index (χ3n) is 3.79. The van der Waals surface area contributed by atoms with Gasteiger partial charge in [-0.3, -0.25) is 0 Å². The Labute approximate surface area is 74.5 Å². The minimum absolute atomic E-state index is 0.0434. The van der Waals surface area contributed by atoms with Crippen LogP contribution in [-0.4, -0.2) is 17.2 Å². The molecular formula is C10H19NO. The summed E-state index contributed by atoms with van der Waals surface area (Å²) in [6.45, 7) is 6.55. The second-order valence-electron chi connectivity index (χ2n) is 5.10. The van der Waals surface area contributed by atoms with Crippen molar-refractivity contribution >= 4 is 0 Å². The Morgan fingerprint density at radius 1 is 1.33 bits per heavy atom. The molecule has 12 heavy (non-hydrogen) atoms. The van der Waals surface area contributed by atoms with Crippen molar-refractivity contribution in [1.29, 1.82) is 0 Å². The van der Waals surface area contributed by atoms with Crippen LogP contribution in [0.5, 0.6) is 0 Å². The van der Waals surface area contributed by atoms with E-state index in [1.807, 2.05) is 0 Å². The van der Waals surface area contributed by atoms with Gasteiger partial charge in [-0.25, -0.2) is 0 Å². The third kappa shape index (κ3) is 1.01. The van der Waals surface area contributed by atoms with Crippen molar-refractivity contribution in [2.75, 3.05) is 0 Å². The van der Waals surface area contributed by atoms with E-state index in [9.17, 15) is 0 Å². The van der Waals surface area contributed by atoms with Crippen molar-refractivity contribution in [3.05, 3.63) is 0 Å². The van der Waals surface area contributed by atoms with Crippen LogP contribution in [0.1, 0.15) is 40.0 Å². The first-order valence-corrected chi connectivity index (χ1v) is 4.90. The van der Waals surface area contributed by atoms with E-state index in [0.717, 1.165) is 12.8 Å². The monoisotopic (exact) mass is 169 g/mol. The van der Waals surface area contributed by atoms with Gasteiger partial charge in [-0.2, -0.15) is 0 Å². The first kappa shape index (κ1) is 8.52. The van der Waals surface area contributed by atoms with E-state index >= 15 is 0 Å². The lowest BCUT2D eigenvalue weighted by molar-refractivity contribution is -0.238. The first-order chi connectivity index (χ1) is 5.44. The van der Waals surface area contributed by atoms with E-state index in [-0.39, 0.29) is 17.2 Å². The van der Waals surface area contributed by atoms with E-state index in [2.05, 4.69) is 20.8 Å². The zero-order valence-electron chi connectivity index (χ0n) is 8.26. The van der Waals surface area contributed by atoms with Crippen LogP contribution in [0.3, 0.4) is 0 Å².